The van der Waals surface area contributed by atoms with Crippen molar-refractivity contribution in [1.29, 1.82) is 0 Å². The number of guanidine groups is 1. The van der Waals surface area contributed by atoms with Crippen LogP contribution in [0.4, 0.5) is 0 Å². The van der Waals surface area contributed by atoms with Crippen molar-refractivity contribution < 1.29 is 9.47 Å². The zero-order chi connectivity index (χ0) is 19.4. The van der Waals surface area contributed by atoms with E-state index >= 15 is 0 Å². The Morgan fingerprint density at radius 3 is 2.57 bits per heavy atom. The van der Waals surface area contributed by atoms with Crippen molar-refractivity contribution in [3.63, 3.8) is 0 Å². The molecule has 0 aromatic heterocycles. The largest absolute Gasteiger partial charge is 0.381 e. The number of likely N-dealkylation sites (tertiary alicyclic amines) is 1. The Balaban J connectivity index is 1.43. The minimum Gasteiger partial charge on any atom is -0.381 e. The molecule has 3 aliphatic heterocycles. The maximum atomic E-state index is 5.68. The number of nitrogens with one attached hydrogen (secondary N) is 1. The molecular formula is C22H34N4O2. The minimum absolute atomic E-state index is 0.327. The van der Waals surface area contributed by atoms with Gasteiger partial charge in [0.15, 0.2) is 5.96 Å². The highest BCUT2D eigenvalue weighted by molar-refractivity contribution is 5.80. The second-order valence-corrected chi connectivity index (χ2v) is 8.48. The first-order valence-corrected chi connectivity index (χ1v) is 10.6. The zero-order valence-electron chi connectivity index (χ0n) is 17.3. The molecule has 0 radical (unpaired) electrons. The first-order valence-electron chi connectivity index (χ1n) is 10.6. The molecule has 2 atom stereocenters. The summed E-state index contributed by atoms with van der Waals surface area (Å²) in [6.07, 6.45) is 2.39. The van der Waals surface area contributed by atoms with Gasteiger partial charge in [0.1, 0.15) is 0 Å². The number of rotatable bonds is 4. The van der Waals surface area contributed by atoms with E-state index in [1.807, 2.05) is 7.05 Å². The second-order valence-electron chi connectivity index (χ2n) is 8.48. The monoisotopic (exact) mass is 386 g/mol. The van der Waals surface area contributed by atoms with Crippen LogP contribution in [0.2, 0.25) is 0 Å². The molecule has 3 saturated heterocycles. The number of aliphatic imine (C=N–C) groups is 1. The van der Waals surface area contributed by atoms with E-state index < -0.39 is 0 Å². The van der Waals surface area contributed by atoms with Crippen LogP contribution in [0, 0.1) is 12.3 Å². The van der Waals surface area contributed by atoms with Crippen molar-refractivity contribution >= 4 is 5.96 Å². The van der Waals surface area contributed by atoms with Gasteiger partial charge in [0.05, 0.1) is 25.9 Å². The summed E-state index contributed by atoms with van der Waals surface area (Å²) >= 11 is 0. The maximum absolute atomic E-state index is 5.68. The van der Waals surface area contributed by atoms with E-state index in [0.717, 1.165) is 65.1 Å². The molecule has 1 aromatic rings. The SMILES string of the molecule is CN=C(NCC(c1ccc(C)cc1)N1CCOCC1)N1CCC2(CCOC2)C1. The lowest BCUT2D eigenvalue weighted by Gasteiger charge is -2.36. The van der Waals surface area contributed by atoms with Gasteiger partial charge in [-0.2, -0.15) is 0 Å². The smallest absolute Gasteiger partial charge is 0.193 e. The third kappa shape index (κ3) is 4.34. The Bertz CT molecular complexity index is 664. The Morgan fingerprint density at radius 1 is 1.11 bits per heavy atom. The number of ether oxygens (including phenoxy) is 2. The van der Waals surface area contributed by atoms with E-state index in [-0.39, 0.29) is 0 Å². The first kappa shape index (κ1) is 19.7. The third-order valence-electron chi connectivity index (χ3n) is 6.54. The number of aryl methyl sites for hydroxylation is 1. The summed E-state index contributed by atoms with van der Waals surface area (Å²) in [5.74, 6) is 1.02. The quantitative estimate of drug-likeness (QED) is 0.634. The van der Waals surface area contributed by atoms with Crippen molar-refractivity contribution in [1.82, 2.24) is 15.1 Å². The van der Waals surface area contributed by atoms with E-state index in [0.29, 0.717) is 11.5 Å². The number of nitrogens with zero attached hydrogens (tertiary/aromatic N) is 3. The average Bonchev–Trinajstić information content (AvgIpc) is 3.37. The van der Waals surface area contributed by atoms with Gasteiger partial charge in [0.2, 0.25) is 0 Å². The highest BCUT2D eigenvalue weighted by atomic mass is 16.5. The van der Waals surface area contributed by atoms with Gasteiger partial charge >= 0.3 is 0 Å². The van der Waals surface area contributed by atoms with Crippen LogP contribution < -0.4 is 5.32 Å². The lowest BCUT2D eigenvalue weighted by atomic mass is 9.87. The van der Waals surface area contributed by atoms with Gasteiger partial charge in [0.25, 0.3) is 0 Å². The topological polar surface area (TPSA) is 49.3 Å². The van der Waals surface area contributed by atoms with Gasteiger partial charge in [0, 0.05) is 51.8 Å². The predicted molar refractivity (Wildman–Crippen MR) is 112 cm³/mol. The summed E-state index contributed by atoms with van der Waals surface area (Å²) in [6.45, 7) is 10.5. The van der Waals surface area contributed by atoms with E-state index in [9.17, 15) is 0 Å². The molecule has 1 aromatic carbocycles. The van der Waals surface area contributed by atoms with Gasteiger partial charge in [-0.15, -0.1) is 0 Å². The molecule has 3 fully saturated rings. The Labute approximate surface area is 168 Å². The molecule has 4 rings (SSSR count). The number of hydrogen-bond acceptors (Lipinski definition) is 4. The maximum Gasteiger partial charge on any atom is 0.193 e. The molecule has 0 amide bonds. The molecule has 154 valence electrons. The molecular weight excluding hydrogens is 352 g/mol. The third-order valence-corrected chi connectivity index (χ3v) is 6.54. The predicted octanol–water partition coefficient (Wildman–Crippen LogP) is 2.06. The van der Waals surface area contributed by atoms with Crippen LogP contribution in [0.1, 0.15) is 30.0 Å². The molecule has 0 bridgehead atoms. The van der Waals surface area contributed by atoms with E-state index in [1.54, 1.807) is 0 Å². The molecule has 28 heavy (non-hydrogen) atoms. The van der Waals surface area contributed by atoms with Gasteiger partial charge in [-0.1, -0.05) is 29.8 Å². The van der Waals surface area contributed by atoms with Gasteiger partial charge < -0.3 is 19.7 Å². The summed E-state index contributed by atoms with van der Waals surface area (Å²) in [5, 5.41) is 3.68. The Hall–Kier alpha value is -1.63. The molecule has 6 nitrogen and oxygen atoms in total. The molecule has 3 aliphatic rings. The molecule has 1 N–H and O–H groups in total. The number of hydrogen-bond donors (Lipinski definition) is 1. The van der Waals surface area contributed by atoms with E-state index in [1.165, 1.54) is 24.0 Å². The molecule has 0 aliphatic carbocycles. The molecule has 2 unspecified atom stereocenters. The fourth-order valence-electron chi connectivity index (χ4n) is 4.74. The van der Waals surface area contributed by atoms with Crippen molar-refractivity contribution in [2.45, 2.75) is 25.8 Å². The van der Waals surface area contributed by atoms with Crippen LogP contribution in [-0.2, 0) is 9.47 Å². The van der Waals surface area contributed by atoms with Gasteiger partial charge in [-0.3, -0.25) is 9.89 Å². The fourth-order valence-corrected chi connectivity index (χ4v) is 4.74. The Morgan fingerprint density at radius 2 is 1.89 bits per heavy atom. The van der Waals surface area contributed by atoms with Crippen LogP contribution in [0.3, 0.4) is 0 Å². The standard InChI is InChI=1S/C22H34N4O2/c1-18-3-5-19(6-4-18)20(25-10-13-27-14-11-25)15-24-21(23-2)26-9-7-22(16-26)8-12-28-17-22/h3-6,20H,7-17H2,1-2H3,(H,23,24). The van der Waals surface area contributed by atoms with Crippen molar-refractivity contribution in [3.8, 4) is 0 Å². The van der Waals surface area contributed by atoms with Crippen LogP contribution in [0.5, 0.6) is 0 Å². The average molecular weight is 387 g/mol. The number of morpholine rings is 1. The molecule has 6 heteroatoms. The van der Waals surface area contributed by atoms with Crippen LogP contribution in [0.15, 0.2) is 29.3 Å². The lowest BCUT2D eigenvalue weighted by molar-refractivity contribution is 0.0169. The zero-order valence-corrected chi connectivity index (χ0v) is 17.3. The summed E-state index contributed by atoms with van der Waals surface area (Å²) in [5.41, 5.74) is 3.00. The van der Waals surface area contributed by atoms with Gasteiger partial charge in [-0.05, 0) is 25.3 Å². The number of benzene rings is 1. The summed E-state index contributed by atoms with van der Waals surface area (Å²) < 4.78 is 11.3. The molecule has 0 saturated carbocycles. The highest BCUT2D eigenvalue weighted by Gasteiger charge is 2.42. The fraction of sp³-hybridized carbons (Fsp3) is 0.682. The Kier molecular flexibility index (Phi) is 6.19. The molecule has 1 spiro atoms. The van der Waals surface area contributed by atoms with E-state index in [2.05, 4.69) is 51.3 Å². The van der Waals surface area contributed by atoms with Crippen molar-refractivity contribution in [2.24, 2.45) is 10.4 Å². The van der Waals surface area contributed by atoms with Crippen molar-refractivity contribution in [2.75, 3.05) is 66.2 Å². The summed E-state index contributed by atoms with van der Waals surface area (Å²) in [6, 6.07) is 9.28. The minimum atomic E-state index is 0.327. The van der Waals surface area contributed by atoms with E-state index in [4.69, 9.17) is 9.47 Å². The van der Waals surface area contributed by atoms with Crippen molar-refractivity contribution in [3.05, 3.63) is 35.4 Å². The van der Waals surface area contributed by atoms with Gasteiger partial charge in [-0.25, -0.2) is 0 Å². The van der Waals surface area contributed by atoms with Crippen LogP contribution in [-0.4, -0.2) is 82.0 Å². The second kappa shape index (κ2) is 8.80. The summed E-state index contributed by atoms with van der Waals surface area (Å²) in [4.78, 5) is 9.55. The summed E-state index contributed by atoms with van der Waals surface area (Å²) in [7, 11) is 1.90. The van der Waals surface area contributed by atoms with Crippen LogP contribution in [0.25, 0.3) is 0 Å². The molecule has 3 heterocycles. The first-order chi connectivity index (χ1) is 13.7. The normalized spacial score (nSPS) is 27.5. The highest BCUT2D eigenvalue weighted by Crippen LogP contribution is 2.38. The lowest BCUT2D eigenvalue weighted by Crippen LogP contribution is -2.47. The van der Waals surface area contributed by atoms with Crippen LogP contribution >= 0.6 is 0 Å².